The number of imidazole rings is 1. The molecule has 0 aliphatic rings. The number of nitrogens with two attached hydrogens (primary N) is 1. The number of nitrogens with zero attached hydrogens (tertiary/aromatic N) is 2. The van der Waals surface area contributed by atoms with Crippen molar-refractivity contribution in [3.8, 4) is 16.9 Å². The lowest BCUT2D eigenvalue weighted by Gasteiger charge is -2.17. The molecule has 0 saturated carbocycles. The summed E-state index contributed by atoms with van der Waals surface area (Å²) in [4.78, 5) is 4.06. The average molecular weight is 442 g/mol. The number of hydrogen-bond acceptors (Lipinski definition) is 6. The molecule has 0 aliphatic heterocycles. The van der Waals surface area contributed by atoms with Crippen LogP contribution in [0, 0.1) is 0 Å². The lowest BCUT2D eigenvalue weighted by atomic mass is 10.0. The first-order valence-corrected chi connectivity index (χ1v) is 10.3. The maximum Gasteiger partial charge on any atom is 0.137 e. The van der Waals surface area contributed by atoms with Gasteiger partial charge in [-0.05, 0) is 36.3 Å². The van der Waals surface area contributed by atoms with E-state index >= 15 is 0 Å². The number of hydrogen-bond donors (Lipinski definition) is 4. The number of aliphatic hydroxyl groups is 3. The van der Waals surface area contributed by atoms with E-state index in [1.807, 2.05) is 36.4 Å². The van der Waals surface area contributed by atoms with Gasteiger partial charge in [0.15, 0.2) is 0 Å². The van der Waals surface area contributed by atoms with Crippen LogP contribution in [0.5, 0.6) is 5.75 Å². The molecule has 7 nitrogen and oxygen atoms in total. The highest BCUT2D eigenvalue weighted by Gasteiger charge is 2.16. The molecule has 1 aromatic heterocycles. The average Bonchev–Trinajstić information content (AvgIpc) is 3.31. The minimum absolute atomic E-state index is 0.140. The van der Waals surface area contributed by atoms with E-state index in [-0.39, 0.29) is 19.8 Å². The van der Waals surface area contributed by atoms with Crippen LogP contribution in [0.25, 0.3) is 17.0 Å². The van der Waals surface area contributed by atoms with E-state index < -0.39 is 24.0 Å². The SMILES string of the molecule is CC(O)c1nccn1C(/C=C(\F)c1ccc(-c2ccc(OCC(N)CO)cc2)cc1)CO. The van der Waals surface area contributed by atoms with E-state index in [0.717, 1.165) is 11.1 Å². The van der Waals surface area contributed by atoms with E-state index in [2.05, 4.69) is 4.98 Å². The Morgan fingerprint density at radius 3 is 2.28 bits per heavy atom. The van der Waals surface area contributed by atoms with Crippen molar-refractivity contribution in [3.63, 3.8) is 0 Å². The van der Waals surface area contributed by atoms with Crippen molar-refractivity contribution in [1.82, 2.24) is 9.55 Å². The Morgan fingerprint density at radius 2 is 1.72 bits per heavy atom. The molecule has 5 N–H and O–H groups in total. The maximum atomic E-state index is 14.9. The number of aromatic nitrogens is 2. The molecule has 0 radical (unpaired) electrons. The summed E-state index contributed by atoms with van der Waals surface area (Å²) in [6.07, 6.45) is 3.58. The molecule has 170 valence electrons. The van der Waals surface area contributed by atoms with Gasteiger partial charge in [-0.15, -0.1) is 0 Å². The predicted molar refractivity (Wildman–Crippen MR) is 121 cm³/mol. The van der Waals surface area contributed by atoms with Gasteiger partial charge >= 0.3 is 0 Å². The second-order valence-corrected chi connectivity index (χ2v) is 7.49. The Hall–Kier alpha value is -3.04. The second-order valence-electron chi connectivity index (χ2n) is 7.49. The zero-order valence-corrected chi connectivity index (χ0v) is 17.8. The van der Waals surface area contributed by atoms with Gasteiger partial charge in [-0.25, -0.2) is 9.37 Å². The van der Waals surface area contributed by atoms with E-state index in [4.69, 9.17) is 15.6 Å². The first-order valence-electron chi connectivity index (χ1n) is 10.3. The largest absolute Gasteiger partial charge is 0.492 e. The lowest BCUT2D eigenvalue weighted by molar-refractivity contribution is 0.175. The van der Waals surface area contributed by atoms with Crippen LogP contribution in [0.4, 0.5) is 4.39 Å². The third kappa shape index (κ3) is 5.80. The third-order valence-electron chi connectivity index (χ3n) is 5.00. The van der Waals surface area contributed by atoms with Crippen LogP contribution < -0.4 is 10.5 Å². The van der Waals surface area contributed by atoms with E-state index in [9.17, 15) is 14.6 Å². The van der Waals surface area contributed by atoms with Gasteiger partial charge in [0, 0.05) is 18.0 Å². The van der Waals surface area contributed by atoms with E-state index in [1.165, 1.54) is 12.3 Å². The number of aliphatic hydroxyl groups excluding tert-OH is 3. The van der Waals surface area contributed by atoms with Gasteiger partial charge in [-0.1, -0.05) is 36.4 Å². The molecule has 2 aromatic carbocycles. The van der Waals surface area contributed by atoms with Crippen molar-refractivity contribution in [2.45, 2.75) is 25.1 Å². The molecule has 32 heavy (non-hydrogen) atoms. The zero-order valence-electron chi connectivity index (χ0n) is 17.8. The molecular weight excluding hydrogens is 413 g/mol. The highest BCUT2D eigenvalue weighted by Crippen LogP contribution is 2.27. The molecule has 3 rings (SSSR count). The fraction of sp³-hybridized carbons (Fsp3) is 0.292. The highest BCUT2D eigenvalue weighted by molar-refractivity contribution is 5.68. The van der Waals surface area contributed by atoms with Crippen LogP contribution in [0.15, 0.2) is 67.0 Å². The van der Waals surface area contributed by atoms with Gasteiger partial charge in [0.2, 0.25) is 0 Å². The van der Waals surface area contributed by atoms with Gasteiger partial charge in [0.05, 0.1) is 25.3 Å². The fourth-order valence-electron chi connectivity index (χ4n) is 3.24. The van der Waals surface area contributed by atoms with Gasteiger partial charge in [0.1, 0.15) is 30.1 Å². The summed E-state index contributed by atoms with van der Waals surface area (Å²) < 4.78 is 21.9. The maximum absolute atomic E-state index is 14.9. The van der Waals surface area contributed by atoms with Crippen molar-refractivity contribution in [1.29, 1.82) is 0 Å². The van der Waals surface area contributed by atoms with Gasteiger partial charge in [-0.3, -0.25) is 0 Å². The molecule has 1 heterocycles. The van der Waals surface area contributed by atoms with E-state index in [0.29, 0.717) is 17.1 Å². The summed E-state index contributed by atoms with van der Waals surface area (Å²) in [5.41, 5.74) is 7.85. The molecule has 0 amide bonds. The summed E-state index contributed by atoms with van der Waals surface area (Å²) in [6.45, 7) is 1.31. The summed E-state index contributed by atoms with van der Waals surface area (Å²) in [7, 11) is 0. The third-order valence-corrected chi connectivity index (χ3v) is 5.00. The molecule has 3 aromatic rings. The van der Waals surface area contributed by atoms with Crippen LogP contribution in [0.3, 0.4) is 0 Å². The van der Waals surface area contributed by atoms with Crippen LogP contribution in [-0.2, 0) is 0 Å². The molecule has 0 spiro atoms. The van der Waals surface area contributed by atoms with Gasteiger partial charge in [0.25, 0.3) is 0 Å². The zero-order chi connectivity index (χ0) is 23.1. The first-order chi connectivity index (χ1) is 15.4. The Bertz CT molecular complexity index is 1020. The van der Waals surface area contributed by atoms with Gasteiger partial charge in [-0.2, -0.15) is 0 Å². The van der Waals surface area contributed by atoms with Crippen molar-refractivity contribution >= 4 is 5.83 Å². The lowest BCUT2D eigenvalue weighted by Crippen LogP contribution is -2.31. The van der Waals surface area contributed by atoms with E-state index in [1.54, 1.807) is 29.8 Å². The van der Waals surface area contributed by atoms with Crippen LogP contribution in [-0.4, -0.2) is 50.7 Å². The Morgan fingerprint density at radius 1 is 1.09 bits per heavy atom. The highest BCUT2D eigenvalue weighted by atomic mass is 19.1. The fourth-order valence-corrected chi connectivity index (χ4v) is 3.24. The molecule has 0 aliphatic carbocycles. The van der Waals surface area contributed by atoms with Crippen LogP contribution in [0.1, 0.15) is 30.5 Å². The number of ether oxygens (including phenoxy) is 1. The summed E-state index contributed by atoms with van der Waals surface area (Å²) in [5, 5.41) is 28.5. The Labute approximate surface area is 186 Å². The Balaban J connectivity index is 1.72. The van der Waals surface area contributed by atoms with Crippen molar-refractivity contribution in [3.05, 3.63) is 78.4 Å². The first kappa shape index (κ1) is 23.6. The minimum Gasteiger partial charge on any atom is -0.492 e. The molecule has 0 saturated heterocycles. The second kappa shape index (κ2) is 11.0. The minimum atomic E-state index is -0.835. The standard InChI is InChI=1S/C24H28FN3O4/c1-16(31)24-27-10-11-28(24)21(14-30)12-23(25)19-4-2-17(3-5-19)18-6-8-22(9-7-18)32-15-20(26)13-29/h2-12,16,20-21,29-31H,13-15,26H2,1H3/b23-12-. The van der Waals surface area contributed by atoms with Crippen molar-refractivity contribution in [2.24, 2.45) is 5.73 Å². The van der Waals surface area contributed by atoms with Gasteiger partial charge < -0.3 is 30.4 Å². The summed E-state index contributed by atoms with van der Waals surface area (Å²) in [6, 6.07) is 13.2. The van der Waals surface area contributed by atoms with Crippen molar-refractivity contribution in [2.75, 3.05) is 19.8 Å². The monoisotopic (exact) mass is 441 g/mol. The van der Waals surface area contributed by atoms with Crippen LogP contribution in [0.2, 0.25) is 0 Å². The summed E-state index contributed by atoms with van der Waals surface area (Å²) >= 11 is 0. The predicted octanol–water partition coefficient (Wildman–Crippen LogP) is 2.85. The molecule has 0 bridgehead atoms. The van der Waals surface area contributed by atoms with Crippen molar-refractivity contribution < 1.29 is 24.4 Å². The Kier molecular flexibility index (Phi) is 8.13. The topological polar surface area (TPSA) is 114 Å². The molecule has 3 unspecified atom stereocenters. The van der Waals surface area contributed by atoms with Crippen LogP contribution >= 0.6 is 0 Å². The molecule has 3 atom stereocenters. The molecule has 8 heteroatoms. The quantitative estimate of drug-likeness (QED) is 0.385. The number of benzene rings is 2. The normalized spacial score (nSPS) is 14.8. The molecular formula is C24H28FN3O4. The summed E-state index contributed by atoms with van der Waals surface area (Å²) in [5.74, 6) is 0.522. The molecule has 0 fully saturated rings. The number of halogens is 1. The smallest absolute Gasteiger partial charge is 0.137 e. The number of rotatable bonds is 10.